The Morgan fingerprint density at radius 3 is 2.18 bits per heavy atom. The van der Waals surface area contributed by atoms with Crippen LogP contribution < -0.4 is 0 Å². The van der Waals surface area contributed by atoms with Gasteiger partial charge in [0.15, 0.2) is 0 Å². The Balaban J connectivity index is 2.78. The first-order valence-corrected chi connectivity index (χ1v) is 13.0. The highest BCUT2D eigenvalue weighted by atomic mass is 28.4. The summed E-state index contributed by atoms with van der Waals surface area (Å²) in [6.45, 7) is 13.2. The van der Waals surface area contributed by atoms with Crippen LogP contribution in [0.2, 0.25) is 39.3 Å². The first kappa shape index (κ1) is 14.9. The predicted molar refractivity (Wildman–Crippen MR) is 73.9 cm³/mol. The summed E-state index contributed by atoms with van der Waals surface area (Å²) in [6.07, 6.45) is 0.133. The fraction of sp³-hybridized carbons (Fsp3) is 0.909. The third-order valence-corrected chi connectivity index (χ3v) is 5.85. The highest BCUT2D eigenvalue weighted by molar-refractivity contribution is 6.74. The zero-order chi connectivity index (χ0) is 13.4. The molecule has 1 N–H and O–H groups in total. The van der Waals surface area contributed by atoms with Gasteiger partial charge in [0.1, 0.15) is 14.3 Å². The van der Waals surface area contributed by atoms with E-state index in [1.807, 2.05) is 19.6 Å². The minimum atomic E-state index is -1.84. The number of aliphatic hydroxyl groups excluding tert-OH is 1. The average Bonchev–Trinajstić information content (AvgIpc) is 2.43. The number of hydrogen-bond acceptors (Lipinski definition) is 4. The van der Waals surface area contributed by atoms with Crippen LogP contribution in [0.15, 0.2) is 0 Å². The Morgan fingerprint density at radius 1 is 1.24 bits per heavy atom. The molecule has 0 aromatic carbocycles. The SMILES string of the molecule is C[Si](C)(C)OC(=O)[C@@H]1C[C@@H](O)CN1[Si](C)(C)C. The standard InChI is InChI=1S/C11H25NO3Si2/c1-16(2,3)12-8-9(13)7-10(12)11(14)15-17(4,5)6/h9-10,13H,7-8H2,1-6H3/t9-,10+/m1/s1. The van der Waals surface area contributed by atoms with Crippen molar-refractivity contribution in [1.29, 1.82) is 0 Å². The zero-order valence-corrected chi connectivity index (χ0v) is 13.8. The molecule has 0 bridgehead atoms. The summed E-state index contributed by atoms with van der Waals surface area (Å²) in [4.78, 5) is 12.1. The van der Waals surface area contributed by atoms with E-state index in [0.717, 1.165) is 0 Å². The smallest absolute Gasteiger partial charge is 0.309 e. The van der Waals surface area contributed by atoms with Gasteiger partial charge in [-0.05, 0) is 19.6 Å². The first-order chi connectivity index (χ1) is 7.50. The Morgan fingerprint density at radius 2 is 1.76 bits per heavy atom. The normalized spacial score (nSPS) is 27.2. The molecule has 0 radical (unpaired) electrons. The lowest BCUT2D eigenvalue weighted by Gasteiger charge is -2.35. The van der Waals surface area contributed by atoms with Gasteiger partial charge in [0.2, 0.25) is 8.32 Å². The molecule has 6 heteroatoms. The van der Waals surface area contributed by atoms with Crippen LogP contribution >= 0.6 is 0 Å². The van der Waals surface area contributed by atoms with Gasteiger partial charge in [-0.1, -0.05) is 19.6 Å². The monoisotopic (exact) mass is 275 g/mol. The number of β-amino-alcohol motifs (C(OH)–C–C–N with tert-alkyl or cyclic N) is 1. The van der Waals surface area contributed by atoms with Gasteiger partial charge in [0.25, 0.3) is 0 Å². The summed E-state index contributed by atoms with van der Waals surface area (Å²) in [6, 6.07) is -0.233. The molecule has 4 nitrogen and oxygen atoms in total. The molecule has 100 valence electrons. The van der Waals surface area contributed by atoms with Gasteiger partial charge in [0, 0.05) is 13.0 Å². The molecule has 1 saturated heterocycles. The minimum Gasteiger partial charge on any atom is -0.519 e. The zero-order valence-electron chi connectivity index (χ0n) is 11.8. The summed E-state index contributed by atoms with van der Waals surface area (Å²) in [5.74, 6) is -0.136. The van der Waals surface area contributed by atoms with E-state index in [9.17, 15) is 9.90 Å². The second-order valence-corrected chi connectivity index (χ2v) is 16.1. The number of aliphatic hydroxyl groups is 1. The molecule has 0 unspecified atom stereocenters. The number of rotatable bonds is 3. The molecular formula is C11H25NO3Si2. The Bertz CT molecular complexity index is 296. The highest BCUT2D eigenvalue weighted by Gasteiger charge is 2.43. The maximum Gasteiger partial charge on any atom is 0.309 e. The predicted octanol–water partition coefficient (Wildman–Crippen LogP) is 1.63. The maximum atomic E-state index is 12.1. The van der Waals surface area contributed by atoms with E-state index in [1.54, 1.807) is 0 Å². The summed E-state index contributed by atoms with van der Waals surface area (Å²) in [7, 11) is -3.42. The second kappa shape index (κ2) is 4.83. The fourth-order valence-corrected chi connectivity index (χ4v) is 4.79. The Hall–Kier alpha value is -0.176. The van der Waals surface area contributed by atoms with Crippen LogP contribution in [0.5, 0.6) is 0 Å². The molecular weight excluding hydrogens is 250 g/mol. The van der Waals surface area contributed by atoms with Crippen molar-refractivity contribution in [3.63, 3.8) is 0 Å². The summed E-state index contributed by atoms with van der Waals surface area (Å²) in [5.41, 5.74) is 0. The van der Waals surface area contributed by atoms with Crippen molar-refractivity contribution < 1.29 is 14.3 Å². The van der Waals surface area contributed by atoms with Crippen molar-refractivity contribution in [3.8, 4) is 0 Å². The molecule has 1 fully saturated rings. The molecule has 1 heterocycles. The number of carbonyl (C=O) groups excluding carboxylic acids is 1. The van der Waals surface area contributed by atoms with E-state index in [-0.39, 0.29) is 18.1 Å². The third kappa shape index (κ3) is 4.20. The van der Waals surface area contributed by atoms with Crippen LogP contribution in [-0.4, -0.2) is 50.9 Å². The van der Waals surface area contributed by atoms with Crippen molar-refractivity contribution in [2.45, 2.75) is 57.8 Å². The molecule has 1 aliphatic heterocycles. The molecule has 1 rings (SSSR count). The van der Waals surface area contributed by atoms with E-state index in [0.29, 0.717) is 13.0 Å². The van der Waals surface area contributed by atoms with E-state index >= 15 is 0 Å². The van der Waals surface area contributed by atoms with Gasteiger partial charge in [-0.25, -0.2) is 0 Å². The van der Waals surface area contributed by atoms with Crippen LogP contribution in [-0.2, 0) is 9.22 Å². The van der Waals surface area contributed by atoms with Gasteiger partial charge in [-0.2, -0.15) is 0 Å². The van der Waals surface area contributed by atoms with Crippen LogP contribution in [0.25, 0.3) is 0 Å². The number of hydrogen-bond donors (Lipinski definition) is 1. The quantitative estimate of drug-likeness (QED) is 0.796. The van der Waals surface area contributed by atoms with E-state index < -0.39 is 16.6 Å². The van der Waals surface area contributed by atoms with Gasteiger partial charge < -0.3 is 14.1 Å². The number of nitrogens with zero attached hydrogens (tertiary/aromatic N) is 1. The Kier molecular flexibility index (Phi) is 4.23. The van der Waals surface area contributed by atoms with Gasteiger partial charge >= 0.3 is 5.97 Å². The highest BCUT2D eigenvalue weighted by Crippen LogP contribution is 2.26. The summed E-state index contributed by atoms with van der Waals surface area (Å²) >= 11 is 0. The molecule has 0 aromatic rings. The lowest BCUT2D eigenvalue weighted by molar-refractivity contribution is -0.139. The second-order valence-electron chi connectivity index (χ2n) is 6.76. The molecule has 0 aliphatic carbocycles. The van der Waals surface area contributed by atoms with Crippen molar-refractivity contribution in [2.24, 2.45) is 0 Å². The first-order valence-electron chi connectivity index (χ1n) is 6.18. The average molecular weight is 275 g/mol. The molecule has 17 heavy (non-hydrogen) atoms. The van der Waals surface area contributed by atoms with Gasteiger partial charge in [0.05, 0.1) is 6.10 Å². The van der Waals surface area contributed by atoms with Crippen LogP contribution in [0.1, 0.15) is 6.42 Å². The van der Waals surface area contributed by atoms with Gasteiger partial charge in [-0.3, -0.25) is 4.79 Å². The van der Waals surface area contributed by atoms with E-state index in [1.165, 1.54) is 0 Å². The van der Waals surface area contributed by atoms with Crippen molar-refractivity contribution in [1.82, 2.24) is 4.57 Å². The van der Waals surface area contributed by atoms with Crippen LogP contribution in [0, 0.1) is 0 Å². The largest absolute Gasteiger partial charge is 0.519 e. The molecule has 2 atom stereocenters. The minimum absolute atomic E-state index is 0.136. The molecule has 0 aromatic heterocycles. The fourth-order valence-electron chi connectivity index (χ4n) is 2.15. The van der Waals surface area contributed by atoms with Crippen LogP contribution in [0.3, 0.4) is 0 Å². The maximum absolute atomic E-state index is 12.1. The van der Waals surface area contributed by atoms with Gasteiger partial charge in [-0.15, -0.1) is 0 Å². The van der Waals surface area contributed by atoms with Crippen molar-refractivity contribution >= 4 is 22.5 Å². The van der Waals surface area contributed by atoms with E-state index in [2.05, 4.69) is 24.2 Å². The molecule has 0 saturated carbocycles. The molecule has 0 amide bonds. The molecule has 0 spiro atoms. The summed E-state index contributed by atoms with van der Waals surface area (Å²) in [5, 5.41) is 9.76. The Labute approximate surface area is 106 Å². The lowest BCUT2D eigenvalue weighted by atomic mass is 10.2. The van der Waals surface area contributed by atoms with E-state index in [4.69, 9.17) is 4.43 Å². The van der Waals surface area contributed by atoms with Crippen LogP contribution in [0.4, 0.5) is 0 Å². The third-order valence-electron chi connectivity index (χ3n) is 2.82. The topological polar surface area (TPSA) is 49.8 Å². The molecule has 1 aliphatic rings. The number of carbonyl (C=O) groups is 1. The summed E-state index contributed by atoms with van der Waals surface area (Å²) < 4.78 is 7.75. The van der Waals surface area contributed by atoms with Crippen molar-refractivity contribution in [3.05, 3.63) is 0 Å². The lowest BCUT2D eigenvalue weighted by Crippen LogP contribution is -2.53. The van der Waals surface area contributed by atoms with Crippen molar-refractivity contribution in [2.75, 3.05) is 6.54 Å².